The molecular formula is C24H25ClN4O. The molecule has 30 heavy (non-hydrogen) atoms. The summed E-state index contributed by atoms with van der Waals surface area (Å²) >= 11 is 6.19. The molecule has 6 heteroatoms. The van der Waals surface area contributed by atoms with Crippen LogP contribution >= 0.6 is 11.6 Å². The lowest BCUT2D eigenvalue weighted by molar-refractivity contribution is 0.416. The highest BCUT2D eigenvalue weighted by Crippen LogP contribution is 2.36. The number of nitrogens with zero attached hydrogens (tertiary/aromatic N) is 2. The van der Waals surface area contributed by atoms with Gasteiger partial charge in [0.15, 0.2) is 0 Å². The number of hydrogen-bond donors (Lipinski definition) is 2. The van der Waals surface area contributed by atoms with Gasteiger partial charge < -0.3 is 19.9 Å². The maximum atomic E-state index is 6.19. The molecule has 0 bridgehead atoms. The summed E-state index contributed by atoms with van der Waals surface area (Å²) in [6.07, 6.45) is 0. The lowest BCUT2D eigenvalue weighted by atomic mass is 9.98. The van der Waals surface area contributed by atoms with Gasteiger partial charge in [-0.1, -0.05) is 48.0 Å². The highest BCUT2D eigenvalue weighted by atomic mass is 35.5. The molecule has 1 heterocycles. The Morgan fingerprint density at radius 1 is 1.07 bits per heavy atom. The zero-order valence-corrected chi connectivity index (χ0v) is 18.3. The summed E-state index contributed by atoms with van der Waals surface area (Å²) in [5.74, 6) is 1.43. The van der Waals surface area contributed by atoms with Crippen LogP contribution in [-0.4, -0.2) is 23.7 Å². The van der Waals surface area contributed by atoms with Crippen LogP contribution in [0.15, 0.2) is 54.6 Å². The first kappa shape index (κ1) is 20.3. The Balaban J connectivity index is 1.85. The smallest absolute Gasteiger partial charge is 0.208 e. The average molecular weight is 421 g/mol. The number of aryl methyl sites for hydroxylation is 2. The van der Waals surface area contributed by atoms with Gasteiger partial charge in [0.25, 0.3) is 0 Å². The molecule has 3 aromatic carbocycles. The van der Waals surface area contributed by atoms with Crippen molar-refractivity contribution < 1.29 is 4.74 Å². The monoisotopic (exact) mass is 420 g/mol. The van der Waals surface area contributed by atoms with Crippen LogP contribution in [0.3, 0.4) is 0 Å². The van der Waals surface area contributed by atoms with E-state index in [1.54, 1.807) is 13.2 Å². The first-order chi connectivity index (χ1) is 14.5. The maximum absolute atomic E-state index is 6.19. The fourth-order valence-electron chi connectivity index (χ4n) is 3.87. The molecule has 2 N–H and O–H groups in total. The van der Waals surface area contributed by atoms with Gasteiger partial charge in [0, 0.05) is 30.2 Å². The molecule has 0 saturated carbocycles. The van der Waals surface area contributed by atoms with Crippen molar-refractivity contribution in [2.45, 2.75) is 13.5 Å². The van der Waals surface area contributed by atoms with E-state index >= 15 is 0 Å². The van der Waals surface area contributed by atoms with Gasteiger partial charge >= 0.3 is 0 Å². The molecule has 0 radical (unpaired) electrons. The van der Waals surface area contributed by atoms with Crippen molar-refractivity contribution in [2.24, 2.45) is 7.05 Å². The van der Waals surface area contributed by atoms with E-state index < -0.39 is 0 Å². The number of fused-ring (bicyclic) bond motifs is 1. The Labute approximate surface area is 181 Å². The van der Waals surface area contributed by atoms with Crippen molar-refractivity contribution in [1.29, 1.82) is 0 Å². The van der Waals surface area contributed by atoms with Crippen LogP contribution in [0.1, 0.15) is 11.1 Å². The largest absolute Gasteiger partial charge is 0.495 e. The van der Waals surface area contributed by atoms with Crippen LogP contribution in [0.5, 0.6) is 5.75 Å². The number of hydrogen-bond acceptors (Lipinski definition) is 4. The van der Waals surface area contributed by atoms with E-state index in [4.69, 9.17) is 21.3 Å². The van der Waals surface area contributed by atoms with E-state index in [2.05, 4.69) is 51.6 Å². The molecule has 0 aliphatic rings. The fraction of sp³-hybridized carbons (Fsp3) is 0.208. The molecule has 0 atom stereocenters. The van der Waals surface area contributed by atoms with Crippen LogP contribution in [0, 0.1) is 6.92 Å². The highest BCUT2D eigenvalue weighted by Gasteiger charge is 2.17. The number of ether oxygens (including phenoxy) is 1. The van der Waals surface area contributed by atoms with Crippen molar-refractivity contribution in [3.05, 3.63) is 70.7 Å². The number of benzene rings is 3. The summed E-state index contributed by atoms with van der Waals surface area (Å²) in [6, 6.07) is 18.4. The predicted molar refractivity (Wildman–Crippen MR) is 125 cm³/mol. The number of imidazole rings is 1. The van der Waals surface area contributed by atoms with Crippen LogP contribution < -0.4 is 15.4 Å². The summed E-state index contributed by atoms with van der Waals surface area (Å²) in [6.45, 7) is 2.80. The Bertz CT molecular complexity index is 1220. The van der Waals surface area contributed by atoms with Gasteiger partial charge in [-0.3, -0.25) is 0 Å². The Hall–Kier alpha value is -3.02. The summed E-state index contributed by atoms with van der Waals surface area (Å²) in [5, 5.41) is 7.35. The zero-order valence-electron chi connectivity index (χ0n) is 17.6. The molecule has 0 amide bonds. The number of nitrogens with one attached hydrogen (secondary N) is 2. The second-order valence-corrected chi connectivity index (χ2v) is 7.72. The second-order valence-electron chi connectivity index (χ2n) is 7.28. The Morgan fingerprint density at radius 3 is 2.60 bits per heavy atom. The highest BCUT2D eigenvalue weighted by molar-refractivity contribution is 6.31. The van der Waals surface area contributed by atoms with Crippen molar-refractivity contribution in [3.63, 3.8) is 0 Å². The first-order valence-corrected chi connectivity index (χ1v) is 10.2. The summed E-state index contributed by atoms with van der Waals surface area (Å²) in [5.41, 5.74) is 7.46. The van der Waals surface area contributed by atoms with Crippen LogP contribution in [0.4, 0.5) is 11.6 Å². The van der Waals surface area contributed by atoms with E-state index in [0.717, 1.165) is 40.3 Å². The molecule has 4 rings (SSSR count). The zero-order chi connectivity index (χ0) is 21.3. The summed E-state index contributed by atoms with van der Waals surface area (Å²) < 4.78 is 7.63. The standard InChI is InChI=1S/C24H25ClN4O/c1-15-12-17(25)13-21(30-4)22(15)28-24-27-20-11-7-10-19(23(20)29(24)3)18-9-6-5-8-16(18)14-26-2/h5-13,26H,14H2,1-4H3,(H,27,28). The Kier molecular flexibility index (Phi) is 5.66. The molecule has 4 aromatic rings. The molecule has 1 aromatic heterocycles. The van der Waals surface area contributed by atoms with Gasteiger partial charge in [-0.25, -0.2) is 4.98 Å². The molecule has 0 aliphatic carbocycles. The average Bonchev–Trinajstić information content (AvgIpc) is 3.06. The number of methoxy groups -OCH3 is 1. The number of rotatable bonds is 6. The number of anilines is 2. The Morgan fingerprint density at radius 2 is 1.83 bits per heavy atom. The van der Waals surface area contributed by atoms with Gasteiger partial charge in [0.1, 0.15) is 5.75 Å². The van der Waals surface area contributed by atoms with E-state index in [-0.39, 0.29) is 0 Å². The second kappa shape index (κ2) is 8.38. The van der Waals surface area contributed by atoms with Gasteiger partial charge in [-0.05, 0) is 42.8 Å². The molecule has 0 fully saturated rings. The third-order valence-electron chi connectivity index (χ3n) is 5.29. The molecule has 0 aliphatic heterocycles. The van der Waals surface area contributed by atoms with Crippen molar-refractivity contribution >= 4 is 34.3 Å². The minimum atomic E-state index is 0.642. The van der Waals surface area contributed by atoms with E-state index in [9.17, 15) is 0 Å². The lowest BCUT2D eigenvalue weighted by Crippen LogP contribution is -2.06. The third kappa shape index (κ3) is 3.62. The predicted octanol–water partition coefficient (Wildman–Crippen LogP) is 5.67. The van der Waals surface area contributed by atoms with Crippen molar-refractivity contribution in [3.8, 4) is 16.9 Å². The maximum Gasteiger partial charge on any atom is 0.208 e. The SMILES string of the molecule is CNCc1ccccc1-c1cccc2nc(Nc3c(C)cc(Cl)cc3OC)n(C)c12. The van der Waals surface area contributed by atoms with Crippen molar-refractivity contribution in [2.75, 3.05) is 19.5 Å². The van der Waals surface area contributed by atoms with E-state index in [1.165, 1.54) is 11.1 Å². The fourth-order valence-corrected chi connectivity index (χ4v) is 4.13. The number of para-hydroxylation sites is 1. The summed E-state index contributed by atoms with van der Waals surface area (Å²) in [4.78, 5) is 4.86. The molecule has 0 spiro atoms. The molecular weight excluding hydrogens is 396 g/mol. The number of aromatic nitrogens is 2. The van der Waals surface area contributed by atoms with Crippen LogP contribution in [0.25, 0.3) is 22.2 Å². The molecule has 154 valence electrons. The quantitative estimate of drug-likeness (QED) is 0.421. The minimum Gasteiger partial charge on any atom is -0.495 e. The molecule has 0 unspecified atom stereocenters. The minimum absolute atomic E-state index is 0.642. The van der Waals surface area contributed by atoms with E-state index in [0.29, 0.717) is 10.8 Å². The van der Waals surface area contributed by atoms with E-state index in [1.807, 2.05) is 33.2 Å². The topological polar surface area (TPSA) is 51.1 Å². The molecule has 0 saturated heterocycles. The van der Waals surface area contributed by atoms with Gasteiger partial charge in [0.05, 0.1) is 23.8 Å². The molecule has 5 nitrogen and oxygen atoms in total. The van der Waals surface area contributed by atoms with Gasteiger partial charge in [-0.2, -0.15) is 0 Å². The van der Waals surface area contributed by atoms with Crippen LogP contribution in [0.2, 0.25) is 5.02 Å². The third-order valence-corrected chi connectivity index (χ3v) is 5.51. The lowest BCUT2D eigenvalue weighted by Gasteiger charge is -2.15. The van der Waals surface area contributed by atoms with Crippen molar-refractivity contribution in [1.82, 2.24) is 14.9 Å². The van der Waals surface area contributed by atoms with Crippen LogP contribution in [-0.2, 0) is 13.6 Å². The summed E-state index contributed by atoms with van der Waals surface area (Å²) in [7, 11) is 5.63. The number of halogens is 1. The van der Waals surface area contributed by atoms with Gasteiger partial charge in [-0.15, -0.1) is 0 Å². The normalized spacial score (nSPS) is 11.1. The first-order valence-electron chi connectivity index (χ1n) is 9.83. The van der Waals surface area contributed by atoms with Gasteiger partial charge in [0.2, 0.25) is 5.95 Å².